The van der Waals surface area contributed by atoms with Crippen molar-refractivity contribution in [3.05, 3.63) is 11.6 Å². The molecule has 34 heavy (non-hydrogen) atoms. The Labute approximate surface area is 208 Å². The molecular formula is C30H52O4. The molecule has 0 saturated heterocycles. The number of hydrogen-bond acceptors (Lipinski definition) is 4. The monoisotopic (exact) mass is 476 g/mol. The Morgan fingerprint density at radius 2 is 1.59 bits per heavy atom. The lowest BCUT2D eigenvalue weighted by atomic mass is 9.35. The lowest BCUT2D eigenvalue weighted by Gasteiger charge is -2.70. The van der Waals surface area contributed by atoms with Crippen LogP contribution in [0, 0.1) is 45.3 Å². The molecule has 0 spiro atoms. The van der Waals surface area contributed by atoms with Crippen molar-refractivity contribution in [2.45, 2.75) is 124 Å². The van der Waals surface area contributed by atoms with E-state index >= 15 is 0 Å². The molecule has 10 atom stereocenters. The van der Waals surface area contributed by atoms with E-state index in [1.165, 1.54) is 0 Å². The van der Waals surface area contributed by atoms with Crippen molar-refractivity contribution in [1.82, 2.24) is 0 Å². The van der Waals surface area contributed by atoms with Gasteiger partial charge in [0.1, 0.15) is 0 Å². The summed E-state index contributed by atoms with van der Waals surface area (Å²) < 4.78 is 0. The third kappa shape index (κ3) is 3.68. The van der Waals surface area contributed by atoms with Gasteiger partial charge < -0.3 is 20.4 Å². The van der Waals surface area contributed by atoms with Gasteiger partial charge in [0.15, 0.2) is 0 Å². The molecule has 0 aromatic rings. The molecule has 4 aliphatic carbocycles. The number of aliphatic hydroxyl groups is 4. The molecule has 0 bridgehead atoms. The molecule has 4 heteroatoms. The molecule has 0 unspecified atom stereocenters. The van der Waals surface area contributed by atoms with E-state index in [0.29, 0.717) is 18.3 Å². The van der Waals surface area contributed by atoms with Crippen LogP contribution in [-0.4, -0.2) is 44.8 Å². The predicted molar refractivity (Wildman–Crippen MR) is 137 cm³/mol. The zero-order chi connectivity index (χ0) is 25.3. The minimum Gasteiger partial charge on any atom is -0.393 e. The minimum atomic E-state index is -0.823. The molecule has 0 amide bonds. The summed E-state index contributed by atoms with van der Waals surface area (Å²) in [7, 11) is 0. The van der Waals surface area contributed by atoms with Crippen LogP contribution in [0.2, 0.25) is 0 Å². The lowest BCUT2D eigenvalue weighted by molar-refractivity contribution is -0.246. The molecule has 0 aliphatic heterocycles. The minimum absolute atomic E-state index is 0.00896. The number of aliphatic hydroxyl groups excluding tert-OH is 3. The number of rotatable bonds is 5. The van der Waals surface area contributed by atoms with Gasteiger partial charge in [-0.2, -0.15) is 0 Å². The van der Waals surface area contributed by atoms with Crippen molar-refractivity contribution >= 4 is 0 Å². The summed E-state index contributed by atoms with van der Waals surface area (Å²) in [5.41, 5.74) is 0.326. The Morgan fingerprint density at radius 3 is 2.24 bits per heavy atom. The van der Waals surface area contributed by atoms with Crippen molar-refractivity contribution in [1.29, 1.82) is 0 Å². The Bertz CT molecular complexity index is 802. The molecule has 0 heterocycles. The van der Waals surface area contributed by atoms with Crippen LogP contribution in [0.15, 0.2) is 11.6 Å². The highest BCUT2D eigenvalue weighted by Gasteiger charge is 2.71. The fraction of sp³-hybridized carbons (Fsp3) is 0.933. The van der Waals surface area contributed by atoms with Crippen LogP contribution < -0.4 is 0 Å². The molecule has 196 valence electrons. The van der Waals surface area contributed by atoms with Crippen molar-refractivity contribution < 1.29 is 20.4 Å². The van der Waals surface area contributed by atoms with Crippen molar-refractivity contribution in [3.63, 3.8) is 0 Å². The Hall–Kier alpha value is -0.420. The van der Waals surface area contributed by atoms with Crippen LogP contribution in [-0.2, 0) is 0 Å². The zero-order valence-corrected chi connectivity index (χ0v) is 22.9. The predicted octanol–water partition coefficient (Wildman–Crippen LogP) is 5.47. The van der Waals surface area contributed by atoms with Gasteiger partial charge in [0, 0.05) is 0 Å². The summed E-state index contributed by atoms with van der Waals surface area (Å²) in [6, 6.07) is 0. The maximum absolute atomic E-state index is 11.8. The SMILES string of the molecule is C/C(=C\CC[C@](C)(O)[C@H]1CC[C@]2(C)[C@@H]1[C@H](O)C[C@@H]1[C@@]3(C)CC[C@H](O)C(C)(C)[C@@H]3CC[C@]12C)CO. The van der Waals surface area contributed by atoms with E-state index in [1.807, 2.05) is 19.9 Å². The standard InChI is InChI=1S/C30H52O4/c1-19(18-31)9-8-13-30(7,34)20-10-15-29(6)25(20)21(32)17-23-27(4)14-12-24(33)26(2,3)22(27)11-16-28(23,29)5/h9,20-25,31-34H,8,10-18H2,1-7H3/b19-9+/t20-,21+,22-,23+,24-,25-,27-,28+,29+,30-/m0/s1. The van der Waals surface area contributed by atoms with Crippen LogP contribution in [0.1, 0.15) is 106 Å². The van der Waals surface area contributed by atoms with E-state index in [4.69, 9.17) is 0 Å². The van der Waals surface area contributed by atoms with E-state index in [9.17, 15) is 20.4 Å². The van der Waals surface area contributed by atoms with Gasteiger partial charge in [0.05, 0.1) is 24.4 Å². The number of fused-ring (bicyclic) bond motifs is 5. The van der Waals surface area contributed by atoms with Gasteiger partial charge in [-0.1, -0.05) is 46.3 Å². The third-order valence-corrected chi connectivity index (χ3v) is 12.6. The number of allylic oxidation sites excluding steroid dienone is 1. The molecule has 4 nitrogen and oxygen atoms in total. The van der Waals surface area contributed by atoms with Crippen LogP contribution in [0.3, 0.4) is 0 Å². The van der Waals surface area contributed by atoms with Crippen LogP contribution in [0.4, 0.5) is 0 Å². The second-order valence-corrected chi connectivity index (χ2v) is 14.4. The first-order valence-electron chi connectivity index (χ1n) is 14.0. The van der Waals surface area contributed by atoms with Gasteiger partial charge in [-0.25, -0.2) is 0 Å². The zero-order valence-electron chi connectivity index (χ0n) is 22.9. The summed E-state index contributed by atoms with van der Waals surface area (Å²) in [5, 5.41) is 43.6. The second-order valence-electron chi connectivity index (χ2n) is 14.4. The van der Waals surface area contributed by atoms with Crippen LogP contribution in [0.25, 0.3) is 0 Å². The largest absolute Gasteiger partial charge is 0.393 e. The maximum atomic E-state index is 11.8. The van der Waals surface area contributed by atoms with E-state index in [0.717, 1.165) is 56.9 Å². The average Bonchev–Trinajstić information content (AvgIpc) is 3.13. The topological polar surface area (TPSA) is 80.9 Å². The van der Waals surface area contributed by atoms with Crippen molar-refractivity contribution in [3.8, 4) is 0 Å². The van der Waals surface area contributed by atoms with E-state index in [-0.39, 0.29) is 52.3 Å². The molecule has 0 radical (unpaired) electrons. The first kappa shape index (κ1) is 26.6. The molecule has 4 aliphatic rings. The molecule has 4 saturated carbocycles. The fourth-order valence-corrected chi connectivity index (χ4v) is 10.3. The van der Waals surface area contributed by atoms with E-state index in [2.05, 4.69) is 34.6 Å². The molecule has 4 N–H and O–H groups in total. The molecule has 0 aromatic heterocycles. The third-order valence-electron chi connectivity index (χ3n) is 12.6. The highest BCUT2D eigenvalue weighted by molar-refractivity contribution is 5.20. The van der Waals surface area contributed by atoms with Crippen LogP contribution in [0.5, 0.6) is 0 Å². The van der Waals surface area contributed by atoms with Crippen LogP contribution >= 0.6 is 0 Å². The van der Waals surface area contributed by atoms with Gasteiger partial charge in [-0.3, -0.25) is 0 Å². The Kier molecular flexibility index (Phi) is 6.71. The first-order valence-corrected chi connectivity index (χ1v) is 14.0. The summed E-state index contributed by atoms with van der Waals surface area (Å²) >= 11 is 0. The lowest BCUT2D eigenvalue weighted by Crippen LogP contribution is -2.66. The summed E-state index contributed by atoms with van der Waals surface area (Å²) in [6.07, 6.45) is 9.93. The highest BCUT2D eigenvalue weighted by atomic mass is 16.3. The first-order chi connectivity index (χ1) is 15.6. The molecule has 4 fully saturated rings. The van der Waals surface area contributed by atoms with Crippen molar-refractivity contribution in [2.24, 2.45) is 45.3 Å². The summed E-state index contributed by atoms with van der Waals surface area (Å²) in [6.45, 7) is 15.9. The van der Waals surface area contributed by atoms with E-state index in [1.54, 1.807) is 0 Å². The molecule has 0 aromatic carbocycles. The quantitative estimate of drug-likeness (QED) is 0.397. The highest BCUT2D eigenvalue weighted by Crippen LogP contribution is 2.75. The van der Waals surface area contributed by atoms with Gasteiger partial charge in [-0.15, -0.1) is 0 Å². The normalized spacial score (nSPS) is 50.1. The number of hydrogen-bond donors (Lipinski definition) is 4. The summed E-state index contributed by atoms with van der Waals surface area (Å²) in [4.78, 5) is 0. The summed E-state index contributed by atoms with van der Waals surface area (Å²) in [5.74, 6) is 1.15. The Balaban J connectivity index is 1.64. The van der Waals surface area contributed by atoms with Crippen molar-refractivity contribution in [2.75, 3.05) is 6.61 Å². The maximum Gasteiger partial charge on any atom is 0.0654 e. The Morgan fingerprint density at radius 1 is 0.941 bits per heavy atom. The van der Waals surface area contributed by atoms with Gasteiger partial charge >= 0.3 is 0 Å². The van der Waals surface area contributed by atoms with Gasteiger partial charge in [0.2, 0.25) is 0 Å². The molecule has 4 rings (SSSR count). The fourth-order valence-electron chi connectivity index (χ4n) is 10.3. The van der Waals surface area contributed by atoms with E-state index < -0.39 is 5.60 Å². The average molecular weight is 477 g/mol. The smallest absolute Gasteiger partial charge is 0.0654 e. The second kappa shape index (κ2) is 8.57. The van der Waals surface area contributed by atoms with Gasteiger partial charge in [0.25, 0.3) is 0 Å². The van der Waals surface area contributed by atoms with Gasteiger partial charge in [-0.05, 0) is 117 Å². The molecular weight excluding hydrogens is 424 g/mol.